The number of benzene rings is 2. The molecule has 0 bridgehead atoms. The highest BCUT2D eigenvalue weighted by atomic mass is 19.4. The lowest BCUT2D eigenvalue weighted by Gasteiger charge is -2.23. The van der Waals surface area contributed by atoms with E-state index in [4.69, 9.17) is 0 Å². The zero-order chi connectivity index (χ0) is 21.9. The topological polar surface area (TPSA) is 0 Å². The highest BCUT2D eigenvalue weighted by Crippen LogP contribution is 2.35. The summed E-state index contributed by atoms with van der Waals surface area (Å²) >= 11 is 0. The highest BCUT2D eigenvalue weighted by Gasteiger charge is 2.24. The zero-order valence-electron chi connectivity index (χ0n) is 16.6. The third-order valence-electron chi connectivity index (χ3n) is 5.54. The number of alkyl halides is 3. The largest absolute Gasteiger partial charge is 0.458 e. The SMILES string of the molecule is CCCC1CCC(CCc2ccc3c(F)c(C#CC(F)(F)F)c(F)cc3c2)=C(F)C1. The molecule has 0 spiro atoms. The van der Waals surface area contributed by atoms with Gasteiger partial charge in [-0.3, -0.25) is 0 Å². The molecule has 0 aliphatic heterocycles. The number of rotatable bonds is 5. The Kier molecular flexibility index (Phi) is 6.80. The van der Waals surface area contributed by atoms with E-state index in [0.29, 0.717) is 25.2 Å². The van der Waals surface area contributed by atoms with Crippen LogP contribution in [0.15, 0.2) is 35.7 Å². The predicted octanol–water partition coefficient (Wildman–Crippen LogP) is 7.79. The van der Waals surface area contributed by atoms with E-state index in [1.54, 1.807) is 18.1 Å². The molecule has 6 heteroatoms. The molecule has 0 saturated heterocycles. The highest BCUT2D eigenvalue weighted by molar-refractivity contribution is 5.85. The second-order valence-electron chi connectivity index (χ2n) is 7.76. The molecular formula is C24H22F6. The van der Waals surface area contributed by atoms with E-state index in [-0.39, 0.29) is 16.6 Å². The minimum Gasteiger partial charge on any atom is -0.212 e. The van der Waals surface area contributed by atoms with Crippen LogP contribution in [0.1, 0.15) is 56.6 Å². The summed E-state index contributed by atoms with van der Waals surface area (Å²) in [5.74, 6) is 0.548. The minimum atomic E-state index is -4.84. The Bertz CT molecular complexity index is 1020. The fourth-order valence-corrected chi connectivity index (χ4v) is 4.01. The van der Waals surface area contributed by atoms with Crippen LogP contribution in [0, 0.1) is 29.4 Å². The lowest BCUT2D eigenvalue weighted by atomic mass is 9.84. The Hall–Kier alpha value is -2.42. The molecule has 0 N–H and O–H groups in total. The van der Waals surface area contributed by atoms with E-state index in [2.05, 4.69) is 6.92 Å². The van der Waals surface area contributed by atoms with Crippen LogP contribution in [-0.4, -0.2) is 6.18 Å². The van der Waals surface area contributed by atoms with E-state index < -0.39 is 23.4 Å². The van der Waals surface area contributed by atoms with Crippen molar-refractivity contribution in [3.8, 4) is 11.8 Å². The van der Waals surface area contributed by atoms with E-state index >= 15 is 0 Å². The Morgan fingerprint density at radius 1 is 1.07 bits per heavy atom. The van der Waals surface area contributed by atoms with Gasteiger partial charge in [-0.2, -0.15) is 13.2 Å². The molecule has 1 aliphatic rings. The van der Waals surface area contributed by atoms with Crippen LogP contribution in [0.5, 0.6) is 0 Å². The van der Waals surface area contributed by atoms with Gasteiger partial charge in [0.15, 0.2) is 0 Å². The molecule has 0 heterocycles. The standard InChI is InChI=1S/C24H22F6/c1-2-3-15-4-7-17(21(25)13-15)8-5-16-6-9-19-18(12-16)14-22(26)20(23(19)27)10-11-24(28,29)30/h6,9,12,14-15H,2-5,7-8,13H2,1H3. The molecular weight excluding hydrogens is 402 g/mol. The zero-order valence-corrected chi connectivity index (χ0v) is 16.6. The summed E-state index contributed by atoms with van der Waals surface area (Å²) in [4.78, 5) is 0. The van der Waals surface area contributed by atoms with Gasteiger partial charge < -0.3 is 0 Å². The third-order valence-corrected chi connectivity index (χ3v) is 5.54. The van der Waals surface area contributed by atoms with E-state index in [0.717, 1.165) is 48.8 Å². The van der Waals surface area contributed by atoms with Crippen LogP contribution in [0.3, 0.4) is 0 Å². The van der Waals surface area contributed by atoms with Crippen LogP contribution < -0.4 is 0 Å². The maximum Gasteiger partial charge on any atom is 0.458 e. The molecule has 0 nitrogen and oxygen atoms in total. The van der Waals surface area contributed by atoms with Gasteiger partial charge in [-0.15, -0.1) is 0 Å². The molecule has 2 aromatic carbocycles. The molecule has 0 saturated carbocycles. The van der Waals surface area contributed by atoms with Crippen LogP contribution in [-0.2, 0) is 6.42 Å². The Morgan fingerprint density at radius 3 is 2.50 bits per heavy atom. The normalized spacial score (nSPS) is 17.2. The minimum absolute atomic E-state index is 0.00269. The summed E-state index contributed by atoms with van der Waals surface area (Å²) in [7, 11) is 0. The van der Waals surface area contributed by atoms with Gasteiger partial charge in [0.1, 0.15) is 11.6 Å². The average Bonchev–Trinajstić information content (AvgIpc) is 2.66. The molecule has 30 heavy (non-hydrogen) atoms. The van der Waals surface area contributed by atoms with Crippen LogP contribution in [0.4, 0.5) is 26.3 Å². The average molecular weight is 424 g/mol. The Balaban J connectivity index is 1.79. The number of aryl methyl sites for hydroxylation is 1. The maximum atomic E-state index is 14.5. The lowest BCUT2D eigenvalue weighted by Crippen LogP contribution is -2.09. The monoisotopic (exact) mass is 424 g/mol. The van der Waals surface area contributed by atoms with Crippen molar-refractivity contribution in [2.24, 2.45) is 5.92 Å². The molecule has 1 unspecified atom stereocenters. The second-order valence-corrected chi connectivity index (χ2v) is 7.76. The molecule has 160 valence electrons. The number of hydrogen-bond donors (Lipinski definition) is 0. The van der Waals surface area contributed by atoms with Gasteiger partial charge in [-0.1, -0.05) is 43.9 Å². The van der Waals surface area contributed by atoms with Crippen LogP contribution >= 0.6 is 0 Å². The first-order chi connectivity index (χ1) is 14.2. The number of halogens is 6. The lowest BCUT2D eigenvalue weighted by molar-refractivity contribution is -0.0696. The van der Waals surface area contributed by atoms with Gasteiger partial charge in [-0.05, 0) is 54.2 Å². The number of allylic oxidation sites excluding steroid dienone is 2. The van der Waals surface area contributed by atoms with Gasteiger partial charge in [-0.25, -0.2) is 13.2 Å². The quantitative estimate of drug-likeness (QED) is 0.339. The van der Waals surface area contributed by atoms with Crippen molar-refractivity contribution < 1.29 is 26.3 Å². The summed E-state index contributed by atoms with van der Waals surface area (Å²) in [6, 6.07) is 5.61. The summed E-state index contributed by atoms with van der Waals surface area (Å²) in [5, 5.41) is 0.234. The first-order valence-corrected chi connectivity index (χ1v) is 10.0. The fraction of sp³-hybridized carbons (Fsp3) is 0.417. The third kappa shape index (κ3) is 5.38. The molecule has 2 aromatic rings. The Morgan fingerprint density at radius 2 is 1.83 bits per heavy atom. The van der Waals surface area contributed by atoms with E-state index in [9.17, 15) is 26.3 Å². The van der Waals surface area contributed by atoms with Crippen molar-refractivity contribution in [1.29, 1.82) is 0 Å². The van der Waals surface area contributed by atoms with Crippen molar-refractivity contribution in [3.05, 3.63) is 58.4 Å². The molecule has 0 aromatic heterocycles. The van der Waals surface area contributed by atoms with Crippen molar-refractivity contribution in [3.63, 3.8) is 0 Å². The molecule has 1 atom stereocenters. The van der Waals surface area contributed by atoms with Crippen molar-refractivity contribution in [2.75, 3.05) is 0 Å². The predicted molar refractivity (Wildman–Crippen MR) is 106 cm³/mol. The summed E-state index contributed by atoms with van der Waals surface area (Å²) in [6.45, 7) is 2.09. The van der Waals surface area contributed by atoms with Gasteiger partial charge in [0.2, 0.25) is 0 Å². The fourth-order valence-electron chi connectivity index (χ4n) is 4.01. The van der Waals surface area contributed by atoms with Crippen molar-refractivity contribution in [1.82, 2.24) is 0 Å². The molecule has 0 fully saturated rings. The second kappa shape index (κ2) is 9.16. The van der Waals surface area contributed by atoms with Crippen LogP contribution in [0.2, 0.25) is 0 Å². The number of fused-ring (bicyclic) bond motifs is 1. The Labute approximate surface area is 172 Å². The van der Waals surface area contributed by atoms with E-state index in [1.807, 2.05) is 0 Å². The number of hydrogen-bond acceptors (Lipinski definition) is 0. The van der Waals surface area contributed by atoms with Gasteiger partial charge in [0, 0.05) is 17.7 Å². The first kappa shape index (κ1) is 22.3. The van der Waals surface area contributed by atoms with Crippen LogP contribution in [0.25, 0.3) is 10.8 Å². The molecule has 0 amide bonds. The van der Waals surface area contributed by atoms with Gasteiger partial charge in [0.25, 0.3) is 0 Å². The summed E-state index contributed by atoms with van der Waals surface area (Å²) in [5.41, 5.74) is 0.688. The van der Waals surface area contributed by atoms with Gasteiger partial charge in [0.05, 0.1) is 11.4 Å². The summed E-state index contributed by atoms with van der Waals surface area (Å²) in [6.07, 6.45) is 0.489. The van der Waals surface area contributed by atoms with Gasteiger partial charge >= 0.3 is 6.18 Å². The first-order valence-electron chi connectivity index (χ1n) is 10.0. The maximum absolute atomic E-state index is 14.5. The van der Waals surface area contributed by atoms with E-state index in [1.165, 1.54) is 6.07 Å². The van der Waals surface area contributed by atoms with Crippen molar-refractivity contribution in [2.45, 2.75) is 58.0 Å². The molecule has 1 aliphatic carbocycles. The van der Waals surface area contributed by atoms with Crippen molar-refractivity contribution >= 4 is 10.8 Å². The summed E-state index contributed by atoms with van der Waals surface area (Å²) < 4.78 is 79.8. The molecule has 3 rings (SSSR count). The smallest absolute Gasteiger partial charge is 0.212 e. The molecule has 0 radical (unpaired) electrons.